The zero-order valence-electron chi connectivity index (χ0n) is 12.0. The Hall–Kier alpha value is -2.08. The Morgan fingerprint density at radius 3 is 2.86 bits per heavy atom. The van der Waals surface area contributed by atoms with Gasteiger partial charge in [0.15, 0.2) is 0 Å². The molecule has 1 amide bonds. The number of ether oxygens (including phenoxy) is 1. The molecule has 112 valence electrons. The normalized spacial score (nSPS) is 18.2. The van der Waals surface area contributed by atoms with Crippen molar-refractivity contribution in [3.05, 3.63) is 34.7 Å². The predicted octanol–water partition coefficient (Wildman–Crippen LogP) is 0.635. The average molecular weight is 289 g/mol. The highest BCUT2D eigenvalue weighted by atomic mass is 16.5. The van der Waals surface area contributed by atoms with Crippen molar-refractivity contribution >= 4 is 16.9 Å². The van der Waals surface area contributed by atoms with Gasteiger partial charge in [-0.3, -0.25) is 13.9 Å². The molecule has 0 aliphatic carbocycles. The maximum absolute atomic E-state index is 12.2. The second-order valence-corrected chi connectivity index (χ2v) is 5.36. The molecule has 1 aliphatic heterocycles. The molecule has 1 aromatic heterocycles. The molecule has 0 spiro atoms. The SMILES string of the molecule is Cn1c(=O)n(CC(=O)NCC2CCCO2)c2ccccc21. The number of carbonyl (C=O) groups excluding carboxylic acids is 1. The molecule has 2 heterocycles. The van der Waals surface area contributed by atoms with Crippen molar-refractivity contribution in [3.63, 3.8) is 0 Å². The van der Waals surface area contributed by atoms with Gasteiger partial charge in [-0.1, -0.05) is 12.1 Å². The quantitative estimate of drug-likeness (QED) is 0.898. The van der Waals surface area contributed by atoms with Crippen molar-refractivity contribution in [1.29, 1.82) is 0 Å². The second-order valence-electron chi connectivity index (χ2n) is 5.36. The monoisotopic (exact) mass is 289 g/mol. The van der Waals surface area contributed by atoms with E-state index >= 15 is 0 Å². The molecule has 2 aromatic rings. The Kier molecular flexibility index (Phi) is 3.79. The summed E-state index contributed by atoms with van der Waals surface area (Å²) in [5, 5.41) is 2.84. The fourth-order valence-electron chi connectivity index (χ4n) is 2.75. The molecule has 21 heavy (non-hydrogen) atoms. The van der Waals surface area contributed by atoms with E-state index < -0.39 is 0 Å². The van der Waals surface area contributed by atoms with Crippen LogP contribution in [0.3, 0.4) is 0 Å². The smallest absolute Gasteiger partial charge is 0.329 e. The Balaban J connectivity index is 1.73. The summed E-state index contributed by atoms with van der Waals surface area (Å²) in [5.74, 6) is -0.163. The van der Waals surface area contributed by atoms with E-state index in [-0.39, 0.29) is 24.2 Å². The number of hydrogen-bond donors (Lipinski definition) is 1. The summed E-state index contributed by atoms with van der Waals surface area (Å²) in [6, 6.07) is 7.47. The van der Waals surface area contributed by atoms with E-state index in [0.29, 0.717) is 6.54 Å². The number of carbonyl (C=O) groups is 1. The first kappa shape index (κ1) is 13.9. The van der Waals surface area contributed by atoms with Crippen molar-refractivity contribution in [2.45, 2.75) is 25.5 Å². The highest BCUT2D eigenvalue weighted by Gasteiger charge is 2.17. The largest absolute Gasteiger partial charge is 0.376 e. The van der Waals surface area contributed by atoms with E-state index in [1.165, 1.54) is 4.57 Å². The van der Waals surface area contributed by atoms with Crippen molar-refractivity contribution in [2.75, 3.05) is 13.2 Å². The molecule has 1 atom stereocenters. The van der Waals surface area contributed by atoms with Gasteiger partial charge in [-0.05, 0) is 25.0 Å². The lowest BCUT2D eigenvalue weighted by molar-refractivity contribution is -0.122. The third-order valence-corrected chi connectivity index (χ3v) is 3.90. The Bertz CT molecular complexity index is 711. The van der Waals surface area contributed by atoms with E-state index in [2.05, 4.69) is 5.32 Å². The zero-order valence-corrected chi connectivity index (χ0v) is 12.0. The highest BCUT2D eigenvalue weighted by molar-refractivity contribution is 5.80. The summed E-state index contributed by atoms with van der Waals surface area (Å²) in [5.41, 5.74) is 1.43. The maximum Gasteiger partial charge on any atom is 0.329 e. The summed E-state index contributed by atoms with van der Waals surface area (Å²) in [6.45, 7) is 1.31. The van der Waals surface area contributed by atoms with Gasteiger partial charge >= 0.3 is 5.69 Å². The molecule has 1 fully saturated rings. The number of nitrogens with one attached hydrogen (secondary N) is 1. The number of fused-ring (bicyclic) bond motifs is 1. The van der Waals surface area contributed by atoms with E-state index in [1.54, 1.807) is 11.6 Å². The van der Waals surface area contributed by atoms with Crippen molar-refractivity contribution < 1.29 is 9.53 Å². The molecular weight excluding hydrogens is 270 g/mol. The van der Waals surface area contributed by atoms with E-state index in [0.717, 1.165) is 30.5 Å². The second kappa shape index (κ2) is 5.73. The zero-order chi connectivity index (χ0) is 14.8. The molecule has 3 rings (SSSR count). The molecular formula is C15H19N3O3. The van der Waals surface area contributed by atoms with Crippen LogP contribution >= 0.6 is 0 Å². The average Bonchev–Trinajstić information content (AvgIpc) is 3.09. The van der Waals surface area contributed by atoms with Crippen LogP contribution in [0.15, 0.2) is 29.1 Å². The summed E-state index contributed by atoms with van der Waals surface area (Å²) in [6.07, 6.45) is 2.14. The lowest BCUT2D eigenvalue weighted by Crippen LogP contribution is -2.36. The first-order valence-corrected chi connectivity index (χ1v) is 7.19. The van der Waals surface area contributed by atoms with Gasteiger partial charge in [-0.15, -0.1) is 0 Å². The first-order valence-electron chi connectivity index (χ1n) is 7.19. The fraction of sp³-hybridized carbons (Fsp3) is 0.467. The van der Waals surface area contributed by atoms with Gasteiger partial charge in [0, 0.05) is 20.2 Å². The van der Waals surface area contributed by atoms with E-state index in [9.17, 15) is 9.59 Å². The van der Waals surface area contributed by atoms with Crippen molar-refractivity contribution in [3.8, 4) is 0 Å². The Morgan fingerprint density at radius 2 is 2.14 bits per heavy atom. The number of nitrogens with zero attached hydrogens (tertiary/aromatic N) is 2. The number of aromatic nitrogens is 2. The molecule has 1 aromatic carbocycles. The van der Waals surface area contributed by atoms with E-state index in [1.807, 2.05) is 24.3 Å². The van der Waals surface area contributed by atoms with Gasteiger partial charge in [-0.2, -0.15) is 0 Å². The molecule has 6 nitrogen and oxygen atoms in total. The van der Waals surface area contributed by atoms with Gasteiger partial charge in [0.25, 0.3) is 0 Å². The summed E-state index contributed by atoms with van der Waals surface area (Å²) >= 11 is 0. The van der Waals surface area contributed by atoms with Gasteiger partial charge in [0.2, 0.25) is 5.91 Å². The topological polar surface area (TPSA) is 65.3 Å². The minimum atomic E-state index is -0.177. The summed E-state index contributed by atoms with van der Waals surface area (Å²) < 4.78 is 8.52. The number of amides is 1. The number of benzene rings is 1. The van der Waals surface area contributed by atoms with Crippen molar-refractivity contribution in [2.24, 2.45) is 7.05 Å². The number of rotatable bonds is 4. The van der Waals surface area contributed by atoms with Crippen LogP contribution in [0, 0.1) is 0 Å². The summed E-state index contributed by atoms with van der Waals surface area (Å²) in [4.78, 5) is 24.2. The summed E-state index contributed by atoms with van der Waals surface area (Å²) in [7, 11) is 1.71. The minimum Gasteiger partial charge on any atom is -0.376 e. The van der Waals surface area contributed by atoms with Gasteiger partial charge < -0.3 is 10.1 Å². The Labute approximate surface area is 122 Å². The minimum absolute atomic E-state index is 0.0346. The number of para-hydroxylation sites is 2. The lowest BCUT2D eigenvalue weighted by atomic mass is 10.2. The molecule has 6 heteroatoms. The van der Waals surface area contributed by atoms with Crippen LogP contribution in [-0.4, -0.2) is 34.3 Å². The third kappa shape index (κ3) is 2.71. The van der Waals surface area contributed by atoms with Crippen LogP contribution in [-0.2, 0) is 23.1 Å². The maximum atomic E-state index is 12.2. The predicted molar refractivity (Wildman–Crippen MR) is 79.2 cm³/mol. The van der Waals surface area contributed by atoms with E-state index in [4.69, 9.17) is 4.74 Å². The third-order valence-electron chi connectivity index (χ3n) is 3.90. The standard InChI is InChI=1S/C15H19N3O3/c1-17-12-6-2-3-7-13(12)18(15(17)20)10-14(19)16-9-11-5-4-8-21-11/h2-3,6-7,11H,4-5,8-10H2,1H3,(H,16,19). The Morgan fingerprint density at radius 1 is 1.38 bits per heavy atom. The van der Waals surface area contributed by atoms with Crippen LogP contribution in [0.1, 0.15) is 12.8 Å². The van der Waals surface area contributed by atoms with Crippen LogP contribution in [0.2, 0.25) is 0 Å². The molecule has 1 aliphatic rings. The molecule has 1 unspecified atom stereocenters. The fourth-order valence-corrected chi connectivity index (χ4v) is 2.75. The molecule has 0 bridgehead atoms. The number of aryl methyl sites for hydroxylation is 1. The van der Waals surface area contributed by atoms with Crippen LogP contribution < -0.4 is 11.0 Å². The van der Waals surface area contributed by atoms with Crippen LogP contribution in [0.4, 0.5) is 0 Å². The highest BCUT2D eigenvalue weighted by Crippen LogP contribution is 2.12. The lowest BCUT2D eigenvalue weighted by Gasteiger charge is -2.11. The van der Waals surface area contributed by atoms with Gasteiger partial charge in [-0.25, -0.2) is 4.79 Å². The molecule has 1 saturated heterocycles. The van der Waals surface area contributed by atoms with Gasteiger partial charge in [0.05, 0.1) is 17.1 Å². The van der Waals surface area contributed by atoms with Crippen LogP contribution in [0.5, 0.6) is 0 Å². The number of imidazole rings is 1. The number of hydrogen-bond acceptors (Lipinski definition) is 3. The molecule has 0 saturated carbocycles. The molecule has 0 radical (unpaired) electrons. The first-order chi connectivity index (χ1) is 10.2. The van der Waals surface area contributed by atoms with Gasteiger partial charge in [0.1, 0.15) is 6.54 Å². The van der Waals surface area contributed by atoms with Crippen molar-refractivity contribution in [1.82, 2.24) is 14.5 Å². The van der Waals surface area contributed by atoms with Crippen LogP contribution in [0.25, 0.3) is 11.0 Å². The molecule has 1 N–H and O–H groups in total.